The van der Waals surface area contributed by atoms with E-state index >= 15 is 0 Å². The van der Waals surface area contributed by atoms with Gasteiger partial charge in [0.1, 0.15) is 5.76 Å². The number of nitrogens with one attached hydrogen (secondary N) is 1. The number of hydrogen-bond donors (Lipinski definition) is 1. The summed E-state index contributed by atoms with van der Waals surface area (Å²) in [7, 11) is 0. The summed E-state index contributed by atoms with van der Waals surface area (Å²) in [5, 5.41) is 3.00. The topological polar surface area (TPSA) is 65.8 Å². The number of nitrogens with zero attached hydrogens (tertiary/aromatic N) is 2. The van der Waals surface area contributed by atoms with Crippen LogP contribution in [0.5, 0.6) is 0 Å². The van der Waals surface area contributed by atoms with Gasteiger partial charge in [-0.3, -0.25) is 9.59 Å². The summed E-state index contributed by atoms with van der Waals surface area (Å²) in [6.07, 6.45) is 4.11. The van der Waals surface area contributed by atoms with E-state index in [2.05, 4.69) is 35.3 Å². The molecular weight excluding hydrogens is 402 g/mol. The van der Waals surface area contributed by atoms with Crippen molar-refractivity contribution in [2.45, 2.75) is 45.3 Å². The Bertz CT molecular complexity index is 1140. The lowest BCUT2D eigenvalue weighted by Crippen LogP contribution is -2.30. The number of fused-ring (bicyclic) bond motifs is 1. The monoisotopic (exact) mass is 429 g/mol. The quantitative estimate of drug-likeness (QED) is 0.635. The molecule has 2 aliphatic rings. The molecule has 0 bridgehead atoms. The molecule has 0 spiro atoms. The first kappa shape index (κ1) is 20.4. The molecule has 1 unspecified atom stereocenters. The third kappa shape index (κ3) is 3.88. The molecule has 2 amide bonds. The van der Waals surface area contributed by atoms with Gasteiger partial charge in [-0.05, 0) is 55.2 Å². The normalized spacial score (nSPS) is 17.7. The summed E-state index contributed by atoms with van der Waals surface area (Å²) >= 11 is 0. The van der Waals surface area contributed by atoms with E-state index in [-0.39, 0.29) is 11.8 Å². The number of furan rings is 1. The number of amides is 2. The summed E-state index contributed by atoms with van der Waals surface area (Å²) < 4.78 is 5.71. The van der Waals surface area contributed by atoms with Crippen LogP contribution in [0.1, 0.15) is 47.0 Å². The van der Waals surface area contributed by atoms with Crippen LogP contribution in [0, 0.1) is 0 Å². The Balaban J connectivity index is 1.23. The molecule has 2 aliphatic heterocycles. The van der Waals surface area contributed by atoms with Crippen molar-refractivity contribution in [3.8, 4) is 0 Å². The van der Waals surface area contributed by atoms with Gasteiger partial charge in [0.2, 0.25) is 5.91 Å². The van der Waals surface area contributed by atoms with Gasteiger partial charge in [-0.1, -0.05) is 30.3 Å². The largest absolute Gasteiger partial charge is 0.467 e. The maximum atomic E-state index is 12.9. The first-order chi connectivity index (χ1) is 15.6. The maximum Gasteiger partial charge on any atom is 0.255 e. The second-order valence-electron chi connectivity index (χ2n) is 8.57. The molecule has 6 heteroatoms. The van der Waals surface area contributed by atoms with Crippen molar-refractivity contribution in [1.82, 2.24) is 5.32 Å². The average molecular weight is 430 g/mol. The summed E-state index contributed by atoms with van der Waals surface area (Å²) in [6.45, 7) is 3.95. The van der Waals surface area contributed by atoms with Crippen molar-refractivity contribution in [2.75, 3.05) is 16.3 Å². The molecule has 3 aromatic rings. The molecule has 0 saturated carbocycles. The van der Waals surface area contributed by atoms with Gasteiger partial charge in [-0.15, -0.1) is 0 Å². The molecule has 1 N–H and O–H groups in total. The summed E-state index contributed by atoms with van der Waals surface area (Å²) in [5.74, 6) is 0.704. The van der Waals surface area contributed by atoms with E-state index in [9.17, 15) is 9.59 Å². The Hall–Kier alpha value is -3.54. The van der Waals surface area contributed by atoms with E-state index in [4.69, 9.17) is 4.42 Å². The average Bonchev–Trinajstić information content (AvgIpc) is 3.52. The third-order valence-electron chi connectivity index (χ3n) is 6.43. The maximum absolute atomic E-state index is 12.9. The molecule has 5 rings (SSSR count). The van der Waals surface area contributed by atoms with Gasteiger partial charge in [0, 0.05) is 36.9 Å². The van der Waals surface area contributed by atoms with Crippen LogP contribution < -0.4 is 15.1 Å². The molecule has 3 heterocycles. The van der Waals surface area contributed by atoms with E-state index in [1.54, 1.807) is 12.3 Å². The minimum Gasteiger partial charge on any atom is -0.467 e. The third-order valence-corrected chi connectivity index (χ3v) is 6.43. The number of para-hydroxylation sites is 1. The minimum absolute atomic E-state index is 0.146. The highest BCUT2D eigenvalue weighted by molar-refractivity contribution is 5.96. The zero-order chi connectivity index (χ0) is 22.1. The predicted molar refractivity (Wildman–Crippen MR) is 124 cm³/mol. The van der Waals surface area contributed by atoms with Crippen LogP contribution >= 0.6 is 0 Å². The van der Waals surface area contributed by atoms with Crippen LogP contribution in [0.2, 0.25) is 0 Å². The summed E-state index contributed by atoms with van der Waals surface area (Å²) in [5.41, 5.74) is 5.01. The summed E-state index contributed by atoms with van der Waals surface area (Å²) in [6, 6.07) is 18.3. The molecule has 32 heavy (non-hydrogen) atoms. The standard InChI is InChI=1S/C26H27N3O3/c1-18-15-20-5-2-3-6-23(20)29(18)17-24-22(12-14-32-24)26(31)27-16-19-8-10-21(11-9-19)28-13-4-7-25(28)30/h2-3,5-6,8-12,14,18H,4,7,13,15-17H2,1H3,(H,27,31). The Morgan fingerprint density at radius 2 is 1.94 bits per heavy atom. The zero-order valence-electron chi connectivity index (χ0n) is 18.2. The zero-order valence-corrected chi connectivity index (χ0v) is 18.2. The van der Waals surface area contributed by atoms with Crippen LogP contribution in [-0.4, -0.2) is 24.4 Å². The molecule has 0 aliphatic carbocycles. The van der Waals surface area contributed by atoms with Crippen LogP contribution in [0.25, 0.3) is 0 Å². The lowest BCUT2D eigenvalue weighted by Gasteiger charge is -2.24. The van der Waals surface area contributed by atoms with Crippen molar-refractivity contribution in [1.29, 1.82) is 0 Å². The van der Waals surface area contributed by atoms with Crippen molar-refractivity contribution >= 4 is 23.2 Å². The van der Waals surface area contributed by atoms with E-state index in [1.807, 2.05) is 35.2 Å². The van der Waals surface area contributed by atoms with Gasteiger partial charge in [0.15, 0.2) is 0 Å². The second kappa shape index (κ2) is 8.54. The molecule has 164 valence electrons. The molecule has 1 aromatic heterocycles. The number of benzene rings is 2. The van der Waals surface area contributed by atoms with Crippen LogP contribution in [0.15, 0.2) is 65.3 Å². The van der Waals surface area contributed by atoms with Crippen LogP contribution in [0.3, 0.4) is 0 Å². The second-order valence-corrected chi connectivity index (χ2v) is 8.57. The fraction of sp³-hybridized carbons (Fsp3) is 0.308. The first-order valence-electron chi connectivity index (χ1n) is 11.2. The van der Waals surface area contributed by atoms with Gasteiger partial charge in [-0.25, -0.2) is 0 Å². The van der Waals surface area contributed by atoms with E-state index < -0.39 is 0 Å². The first-order valence-corrected chi connectivity index (χ1v) is 11.2. The smallest absolute Gasteiger partial charge is 0.255 e. The highest BCUT2D eigenvalue weighted by atomic mass is 16.3. The molecule has 1 atom stereocenters. The predicted octanol–water partition coefficient (Wildman–Crippen LogP) is 4.29. The van der Waals surface area contributed by atoms with Gasteiger partial charge in [0.05, 0.1) is 18.4 Å². The Morgan fingerprint density at radius 1 is 1.12 bits per heavy atom. The molecular formula is C26H27N3O3. The Morgan fingerprint density at radius 3 is 2.72 bits per heavy atom. The molecule has 1 saturated heterocycles. The van der Waals surface area contributed by atoms with Gasteiger partial charge < -0.3 is 19.5 Å². The van der Waals surface area contributed by atoms with Gasteiger partial charge in [-0.2, -0.15) is 0 Å². The van der Waals surface area contributed by atoms with E-state index in [1.165, 1.54) is 11.3 Å². The van der Waals surface area contributed by atoms with Crippen molar-refractivity contribution < 1.29 is 14.0 Å². The van der Waals surface area contributed by atoms with E-state index in [0.717, 1.165) is 30.6 Å². The SMILES string of the molecule is CC1Cc2ccccc2N1Cc1occc1C(=O)NCc1ccc(N2CCCC2=O)cc1. The number of carbonyl (C=O) groups is 2. The fourth-order valence-electron chi connectivity index (χ4n) is 4.68. The number of rotatable bonds is 6. The number of hydrogen-bond acceptors (Lipinski definition) is 4. The highest BCUT2D eigenvalue weighted by Gasteiger charge is 2.28. The van der Waals surface area contributed by atoms with Crippen molar-refractivity contribution in [3.63, 3.8) is 0 Å². The Kier molecular flexibility index (Phi) is 5.43. The number of carbonyl (C=O) groups excluding carboxylic acids is 2. The Labute approximate surface area is 187 Å². The fourth-order valence-corrected chi connectivity index (χ4v) is 4.68. The molecule has 0 radical (unpaired) electrons. The van der Waals surface area contributed by atoms with Crippen LogP contribution in [-0.2, 0) is 24.3 Å². The highest BCUT2D eigenvalue weighted by Crippen LogP contribution is 2.33. The van der Waals surface area contributed by atoms with Crippen molar-refractivity contribution in [3.05, 3.63) is 83.3 Å². The lowest BCUT2D eigenvalue weighted by molar-refractivity contribution is -0.117. The van der Waals surface area contributed by atoms with Crippen molar-refractivity contribution in [2.24, 2.45) is 0 Å². The lowest BCUT2D eigenvalue weighted by atomic mass is 10.1. The summed E-state index contributed by atoms with van der Waals surface area (Å²) in [4.78, 5) is 28.9. The van der Waals surface area contributed by atoms with Crippen LogP contribution in [0.4, 0.5) is 11.4 Å². The number of anilines is 2. The molecule has 6 nitrogen and oxygen atoms in total. The molecule has 1 fully saturated rings. The van der Waals surface area contributed by atoms with Gasteiger partial charge in [0.25, 0.3) is 5.91 Å². The molecule has 2 aromatic carbocycles. The van der Waals surface area contributed by atoms with Gasteiger partial charge >= 0.3 is 0 Å². The minimum atomic E-state index is -0.146. The van der Waals surface area contributed by atoms with E-state index in [0.29, 0.717) is 36.9 Å².